The summed E-state index contributed by atoms with van der Waals surface area (Å²) >= 11 is 0. The first kappa shape index (κ1) is 18.5. The highest BCUT2D eigenvalue weighted by atomic mass is 16.4. The van der Waals surface area contributed by atoms with Crippen LogP contribution in [0.4, 0.5) is 5.69 Å². The summed E-state index contributed by atoms with van der Waals surface area (Å²) in [5.41, 5.74) is 2.46. The molecule has 2 N–H and O–H groups in total. The summed E-state index contributed by atoms with van der Waals surface area (Å²) in [5, 5.41) is 12.2. The Morgan fingerprint density at radius 1 is 1.04 bits per heavy atom. The molecule has 0 spiro atoms. The SMILES string of the molecule is CC(C)C[C@H](C(=O)O)C(=O)Nc1ccc(C23CC4CC(CC(C4)C2)C3)cc1. The second kappa shape index (κ2) is 6.96. The fourth-order valence-corrected chi connectivity index (χ4v) is 6.39. The number of carboxylic acid groups (broad SMARTS) is 1. The molecule has 146 valence electrons. The number of aliphatic carboxylic acids is 1. The van der Waals surface area contributed by atoms with E-state index in [9.17, 15) is 14.7 Å². The van der Waals surface area contributed by atoms with Crippen molar-refractivity contribution >= 4 is 17.6 Å². The van der Waals surface area contributed by atoms with Crippen LogP contribution in [0.3, 0.4) is 0 Å². The Morgan fingerprint density at radius 3 is 2.00 bits per heavy atom. The van der Waals surface area contributed by atoms with E-state index in [4.69, 9.17) is 0 Å². The zero-order chi connectivity index (χ0) is 19.2. The molecule has 0 radical (unpaired) electrons. The van der Waals surface area contributed by atoms with Crippen LogP contribution in [0.25, 0.3) is 0 Å². The van der Waals surface area contributed by atoms with Crippen molar-refractivity contribution in [3.05, 3.63) is 29.8 Å². The van der Waals surface area contributed by atoms with Gasteiger partial charge in [-0.2, -0.15) is 0 Å². The molecule has 4 aliphatic rings. The molecular weight excluding hydrogens is 338 g/mol. The number of carboxylic acids is 1. The number of hydrogen-bond acceptors (Lipinski definition) is 2. The molecule has 4 bridgehead atoms. The Labute approximate surface area is 161 Å². The van der Waals surface area contributed by atoms with Crippen LogP contribution in [0.2, 0.25) is 0 Å². The predicted molar refractivity (Wildman–Crippen MR) is 106 cm³/mol. The summed E-state index contributed by atoms with van der Waals surface area (Å²) in [6, 6.07) is 8.25. The summed E-state index contributed by atoms with van der Waals surface area (Å²) in [7, 11) is 0. The zero-order valence-electron chi connectivity index (χ0n) is 16.4. The molecule has 27 heavy (non-hydrogen) atoms. The minimum absolute atomic E-state index is 0.162. The number of amides is 1. The van der Waals surface area contributed by atoms with Gasteiger partial charge in [-0.25, -0.2) is 0 Å². The van der Waals surface area contributed by atoms with Gasteiger partial charge in [0.2, 0.25) is 5.91 Å². The number of hydrogen-bond donors (Lipinski definition) is 2. The van der Waals surface area contributed by atoms with Gasteiger partial charge in [0.05, 0.1) is 0 Å². The predicted octanol–water partition coefficient (Wildman–Crippen LogP) is 4.84. The molecular formula is C23H31NO3. The second-order valence-corrected chi connectivity index (χ2v) is 9.78. The Bertz CT molecular complexity index is 686. The summed E-state index contributed by atoms with van der Waals surface area (Å²) in [6.45, 7) is 3.87. The smallest absolute Gasteiger partial charge is 0.316 e. The lowest BCUT2D eigenvalue weighted by molar-refractivity contribution is -0.146. The van der Waals surface area contributed by atoms with E-state index in [1.54, 1.807) is 0 Å². The van der Waals surface area contributed by atoms with Crippen LogP contribution in [0.5, 0.6) is 0 Å². The second-order valence-electron chi connectivity index (χ2n) is 9.78. The van der Waals surface area contributed by atoms with Crippen molar-refractivity contribution in [3.63, 3.8) is 0 Å². The molecule has 1 atom stereocenters. The van der Waals surface area contributed by atoms with E-state index < -0.39 is 17.8 Å². The highest BCUT2D eigenvalue weighted by Crippen LogP contribution is 2.60. The fourth-order valence-electron chi connectivity index (χ4n) is 6.39. The van der Waals surface area contributed by atoms with Crippen molar-refractivity contribution in [3.8, 4) is 0 Å². The quantitative estimate of drug-likeness (QED) is 0.705. The Morgan fingerprint density at radius 2 is 1.56 bits per heavy atom. The molecule has 1 aromatic rings. The van der Waals surface area contributed by atoms with Crippen molar-refractivity contribution in [1.82, 2.24) is 0 Å². The van der Waals surface area contributed by atoms with Crippen molar-refractivity contribution in [2.45, 2.75) is 64.2 Å². The molecule has 4 nitrogen and oxygen atoms in total. The van der Waals surface area contributed by atoms with E-state index in [1.807, 2.05) is 26.0 Å². The molecule has 1 amide bonds. The highest BCUT2D eigenvalue weighted by Gasteiger charge is 2.51. The molecule has 1 aromatic carbocycles. The molecule has 5 rings (SSSR count). The maximum atomic E-state index is 12.4. The summed E-state index contributed by atoms with van der Waals surface area (Å²) < 4.78 is 0. The average molecular weight is 370 g/mol. The number of nitrogens with one attached hydrogen (secondary N) is 1. The van der Waals surface area contributed by atoms with E-state index in [0.29, 0.717) is 17.5 Å². The van der Waals surface area contributed by atoms with Gasteiger partial charge in [0.1, 0.15) is 5.92 Å². The third kappa shape index (κ3) is 3.63. The third-order valence-corrected chi connectivity index (χ3v) is 7.12. The molecule has 4 aliphatic carbocycles. The molecule has 0 heterocycles. The van der Waals surface area contributed by atoms with E-state index in [0.717, 1.165) is 17.8 Å². The van der Waals surface area contributed by atoms with E-state index in [-0.39, 0.29) is 5.92 Å². The van der Waals surface area contributed by atoms with Crippen molar-refractivity contribution in [2.24, 2.45) is 29.6 Å². The van der Waals surface area contributed by atoms with E-state index >= 15 is 0 Å². The average Bonchev–Trinajstić information content (AvgIpc) is 2.58. The molecule has 4 heteroatoms. The zero-order valence-corrected chi connectivity index (χ0v) is 16.4. The van der Waals surface area contributed by atoms with Gasteiger partial charge in [-0.15, -0.1) is 0 Å². The van der Waals surface area contributed by atoms with Crippen LogP contribution in [-0.4, -0.2) is 17.0 Å². The number of carbonyl (C=O) groups is 2. The lowest BCUT2D eigenvalue weighted by atomic mass is 9.48. The van der Waals surface area contributed by atoms with Gasteiger partial charge in [-0.05, 0) is 91.7 Å². The maximum absolute atomic E-state index is 12.4. The number of rotatable bonds is 6. The van der Waals surface area contributed by atoms with Crippen LogP contribution in [0.1, 0.15) is 64.4 Å². The molecule has 0 aromatic heterocycles. The van der Waals surface area contributed by atoms with Gasteiger partial charge in [0.25, 0.3) is 0 Å². The lowest BCUT2D eigenvalue weighted by Gasteiger charge is -2.57. The third-order valence-electron chi connectivity index (χ3n) is 7.12. The first-order valence-corrected chi connectivity index (χ1v) is 10.5. The van der Waals surface area contributed by atoms with Crippen molar-refractivity contribution in [2.75, 3.05) is 5.32 Å². The Kier molecular flexibility index (Phi) is 4.77. The first-order valence-electron chi connectivity index (χ1n) is 10.5. The topological polar surface area (TPSA) is 66.4 Å². The Hall–Kier alpha value is -1.84. The van der Waals surface area contributed by atoms with Gasteiger partial charge in [0, 0.05) is 5.69 Å². The summed E-state index contributed by atoms with van der Waals surface area (Å²) in [5.74, 6) is 0.419. The lowest BCUT2D eigenvalue weighted by Crippen LogP contribution is -2.48. The van der Waals surface area contributed by atoms with Crippen LogP contribution in [-0.2, 0) is 15.0 Å². The van der Waals surface area contributed by atoms with E-state index in [2.05, 4.69) is 17.4 Å². The number of carbonyl (C=O) groups excluding carboxylic acids is 1. The van der Waals surface area contributed by atoms with Crippen molar-refractivity contribution in [1.29, 1.82) is 0 Å². The van der Waals surface area contributed by atoms with Gasteiger partial charge in [-0.1, -0.05) is 26.0 Å². The van der Waals surface area contributed by atoms with Gasteiger partial charge in [-0.3, -0.25) is 9.59 Å². The van der Waals surface area contributed by atoms with Crippen LogP contribution < -0.4 is 5.32 Å². The minimum Gasteiger partial charge on any atom is -0.481 e. The van der Waals surface area contributed by atoms with Crippen LogP contribution in [0, 0.1) is 29.6 Å². The fraction of sp³-hybridized carbons (Fsp3) is 0.652. The van der Waals surface area contributed by atoms with Crippen LogP contribution >= 0.6 is 0 Å². The summed E-state index contributed by atoms with van der Waals surface area (Å²) in [4.78, 5) is 23.8. The normalized spacial score (nSPS) is 32.5. The highest BCUT2D eigenvalue weighted by molar-refractivity contribution is 6.04. The first-order chi connectivity index (χ1) is 12.8. The van der Waals surface area contributed by atoms with Crippen LogP contribution in [0.15, 0.2) is 24.3 Å². The van der Waals surface area contributed by atoms with Gasteiger partial charge < -0.3 is 10.4 Å². The maximum Gasteiger partial charge on any atom is 0.316 e. The summed E-state index contributed by atoms with van der Waals surface area (Å²) in [6.07, 6.45) is 8.60. The van der Waals surface area contributed by atoms with Gasteiger partial charge >= 0.3 is 5.97 Å². The number of anilines is 1. The standard InChI is InChI=1S/C23H31NO3/c1-14(2)7-20(22(26)27)21(25)24-19-5-3-18(4-6-19)23-11-15-8-16(12-23)10-17(9-15)13-23/h3-6,14-17,20H,7-13H2,1-2H3,(H,24,25)(H,26,27)/t15?,16?,17?,20-,23?/m0/s1. The monoisotopic (exact) mass is 369 g/mol. The molecule has 0 aliphatic heterocycles. The molecule has 4 fully saturated rings. The molecule has 4 saturated carbocycles. The Balaban J connectivity index is 1.46. The largest absolute Gasteiger partial charge is 0.481 e. The van der Waals surface area contributed by atoms with Crippen molar-refractivity contribution < 1.29 is 14.7 Å². The van der Waals surface area contributed by atoms with Gasteiger partial charge in [0.15, 0.2) is 0 Å². The van der Waals surface area contributed by atoms with E-state index in [1.165, 1.54) is 44.1 Å². The number of benzene rings is 1. The minimum atomic E-state index is -1.05. The molecule has 0 saturated heterocycles. The molecule has 0 unspecified atom stereocenters.